The third-order valence-electron chi connectivity index (χ3n) is 4.22. The summed E-state index contributed by atoms with van der Waals surface area (Å²) in [5, 5.41) is 21.7. The molecule has 0 aliphatic rings. The second kappa shape index (κ2) is 8.00. The molecule has 0 radical (unpaired) electrons. The first kappa shape index (κ1) is 17.3. The minimum atomic E-state index is 0.0950. The lowest BCUT2D eigenvalue weighted by Gasteiger charge is -2.21. The molecule has 0 atom stereocenters. The Morgan fingerprint density at radius 2 is 1.68 bits per heavy atom. The molecular formula is C19H23N5O. The summed E-state index contributed by atoms with van der Waals surface area (Å²) in [6.45, 7) is 6.08. The highest BCUT2D eigenvalue weighted by Gasteiger charge is 2.16. The van der Waals surface area contributed by atoms with E-state index in [-0.39, 0.29) is 6.61 Å². The first-order valence-corrected chi connectivity index (χ1v) is 8.40. The lowest BCUT2D eigenvalue weighted by Crippen LogP contribution is -2.27. The van der Waals surface area contributed by atoms with Crippen molar-refractivity contribution in [2.75, 3.05) is 13.2 Å². The van der Waals surface area contributed by atoms with E-state index in [4.69, 9.17) is 0 Å². The van der Waals surface area contributed by atoms with Crippen LogP contribution in [-0.4, -0.2) is 43.4 Å². The fourth-order valence-electron chi connectivity index (χ4n) is 3.01. The monoisotopic (exact) mass is 337 g/mol. The summed E-state index contributed by atoms with van der Waals surface area (Å²) in [4.78, 5) is 2.14. The highest BCUT2D eigenvalue weighted by Crippen LogP contribution is 2.19. The standard InChI is InChI=1S/C19H23N5O/c1-15-7-6-8-16(2)19(15)24-18(20-21-22-24)14-23(11-12-25)13-17-9-4-3-5-10-17/h3-10,25H,11-14H2,1-2H3. The maximum atomic E-state index is 9.42. The van der Waals surface area contributed by atoms with Gasteiger partial charge in [0.2, 0.25) is 0 Å². The molecule has 0 aliphatic carbocycles. The lowest BCUT2D eigenvalue weighted by atomic mass is 10.1. The number of aromatic nitrogens is 4. The molecule has 1 N–H and O–H groups in total. The summed E-state index contributed by atoms with van der Waals surface area (Å²) in [7, 11) is 0. The summed E-state index contributed by atoms with van der Waals surface area (Å²) in [6.07, 6.45) is 0. The van der Waals surface area contributed by atoms with Gasteiger partial charge >= 0.3 is 0 Å². The van der Waals surface area contributed by atoms with Crippen LogP contribution in [0.1, 0.15) is 22.5 Å². The van der Waals surface area contributed by atoms with E-state index in [9.17, 15) is 5.11 Å². The topological polar surface area (TPSA) is 67.1 Å². The van der Waals surface area contributed by atoms with Gasteiger partial charge in [-0.05, 0) is 41.0 Å². The lowest BCUT2D eigenvalue weighted by molar-refractivity contribution is 0.180. The average molecular weight is 337 g/mol. The van der Waals surface area contributed by atoms with Crippen molar-refractivity contribution in [3.05, 3.63) is 71.0 Å². The molecule has 0 bridgehead atoms. The van der Waals surface area contributed by atoms with Crippen LogP contribution in [0.2, 0.25) is 0 Å². The molecule has 0 unspecified atom stereocenters. The smallest absolute Gasteiger partial charge is 0.170 e. The number of aliphatic hydroxyl groups is 1. The number of aliphatic hydroxyl groups excluding tert-OH is 1. The molecule has 0 amide bonds. The Balaban J connectivity index is 1.85. The fraction of sp³-hybridized carbons (Fsp3) is 0.316. The molecule has 3 rings (SSSR count). The van der Waals surface area contributed by atoms with Crippen LogP contribution in [0.25, 0.3) is 5.69 Å². The molecule has 2 aromatic carbocycles. The molecule has 0 aliphatic heterocycles. The van der Waals surface area contributed by atoms with E-state index >= 15 is 0 Å². The van der Waals surface area contributed by atoms with Gasteiger partial charge < -0.3 is 5.11 Å². The zero-order valence-corrected chi connectivity index (χ0v) is 14.6. The second-order valence-corrected chi connectivity index (χ2v) is 6.17. The van der Waals surface area contributed by atoms with Crippen molar-refractivity contribution in [2.24, 2.45) is 0 Å². The van der Waals surface area contributed by atoms with Crippen LogP contribution in [0, 0.1) is 13.8 Å². The molecule has 0 saturated carbocycles. The molecule has 130 valence electrons. The second-order valence-electron chi connectivity index (χ2n) is 6.17. The van der Waals surface area contributed by atoms with Crippen molar-refractivity contribution < 1.29 is 5.11 Å². The van der Waals surface area contributed by atoms with Crippen molar-refractivity contribution in [3.8, 4) is 5.69 Å². The van der Waals surface area contributed by atoms with Crippen LogP contribution in [0.15, 0.2) is 48.5 Å². The Bertz CT molecular complexity index is 795. The molecule has 6 nitrogen and oxygen atoms in total. The van der Waals surface area contributed by atoms with Gasteiger partial charge in [0.1, 0.15) is 0 Å². The Hall–Kier alpha value is -2.57. The van der Waals surface area contributed by atoms with Crippen LogP contribution in [0.3, 0.4) is 0 Å². The number of benzene rings is 2. The summed E-state index contributed by atoms with van der Waals surface area (Å²) in [6, 6.07) is 16.4. The van der Waals surface area contributed by atoms with Crippen molar-refractivity contribution >= 4 is 0 Å². The maximum Gasteiger partial charge on any atom is 0.170 e. The van der Waals surface area contributed by atoms with Crippen LogP contribution < -0.4 is 0 Å². The minimum Gasteiger partial charge on any atom is -0.395 e. The van der Waals surface area contributed by atoms with Gasteiger partial charge in [0.15, 0.2) is 5.82 Å². The Morgan fingerprint density at radius 3 is 2.36 bits per heavy atom. The molecule has 1 aromatic heterocycles. The molecule has 3 aromatic rings. The third kappa shape index (κ3) is 4.10. The summed E-state index contributed by atoms with van der Waals surface area (Å²) in [5.41, 5.74) is 4.48. The van der Waals surface area contributed by atoms with Crippen LogP contribution >= 0.6 is 0 Å². The largest absolute Gasteiger partial charge is 0.395 e. The first-order valence-electron chi connectivity index (χ1n) is 8.40. The van der Waals surface area contributed by atoms with Crippen LogP contribution in [-0.2, 0) is 13.1 Å². The minimum absolute atomic E-state index is 0.0950. The molecule has 0 saturated heterocycles. The van der Waals surface area contributed by atoms with Gasteiger partial charge in [-0.3, -0.25) is 4.90 Å². The molecule has 1 heterocycles. The molecule has 0 spiro atoms. The van der Waals surface area contributed by atoms with Gasteiger partial charge in [-0.15, -0.1) is 5.10 Å². The molecule has 0 fully saturated rings. The Morgan fingerprint density at radius 1 is 0.960 bits per heavy atom. The molecule has 25 heavy (non-hydrogen) atoms. The van der Waals surface area contributed by atoms with E-state index in [2.05, 4.69) is 58.5 Å². The maximum absolute atomic E-state index is 9.42. The highest BCUT2D eigenvalue weighted by molar-refractivity contribution is 5.46. The number of rotatable bonds is 7. The highest BCUT2D eigenvalue weighted by atomic mass is 16.3. The number of tetrazole rings is 1. The zero-order valence-electron chi connectivity index (χ0n) is 14.6. The van der Waals surface area contributed by atoms with Gasteiger partial charge in [0, 0.05) is 13.1 Å². The van der Waals surface area contributed by atoms with Gasteiger partial charge in [0.25, 0.3) is 0 Å². The van der Waals surface area contributed by atoms with E-state index in [0.29, 0.717) is 13.1 Å². The number of nitrogens with zero attached hydrogens (tertiary/aromatic N) is 5. The zero-order chi connectivity index (χ0) is 17.6. The number of aryl methyl sites for hydroxylation is 2. The van der Waals surface area contributed by atoms with Gasteiger partial charge in [-0.25, -0.2) is 0 Å². The number of hydrogen-bond donors (Lipinski definition) is 1. The van der Waals surface area contributed by atoms with E-state index in [1.807, 2.05) is 24.3 Å². The molecule has 6 heteroatoms. The van der Waals surface area contributed by atoms with Crippen LogP contribution in [0.4, 0.5) is 0 Å². The number of para-hydroxylation sites is 1. The summed E-state index contributed by atoms with van der Waals surface area (Å²) >= 11 is 0. The predicted octanol–water partition coefficient (Wildman–Crippen LogP) is 2.27. The first-order chi connectivity index (χ1) is 12.2. The fourth-order valence-corrected chi connectivity index (χ4v) is 3.01. The van der Waals surface area contributed by atoms with Crippen molar-refractivity contribution in [2.45, 2.75) is 26.9 Å². The van der Waals surface area contributed by atoms with E-state index in [1.54, 1.807) is 4.68 Å². The van der Waals surface area contributed by atoms with Gasteiger partial charge in [-0.2, -0.15) is 4.68 Å². The quantitative estimate of drug-likeness (QED) is 0.716. The Kier molecular flexibility index (Phi) is 5.53. The summed E-state index contributed by atoms with van der Waals surface area (Å²) < 4.78 is 1.81. The Labute approximate surface area is 147 Å². The average Bonchev–Trinajstić information content (AvgIpc) is 3.04. The van der Waals surface area contributed by atoms with Gasteiger partial charge in [-0.1, -0.05) is 48.5 Å². The third-order valence-corrected chi connectivity index (χ3v) is 4.22. The molecular weight excluding hydrogens is 314 g/mol. The van der Waals surface area contributed by atoms with Crippen molar-refractivity contribution in [1.82, 2.24) is 25.1 Å². The SMILES string of the molecule is Cc1cccc(C)c1-n1nnnc1CN(CCO)Cc1ccccc1. The predicted molar refractivity (Wildman–Crippen MR) is 96.3 cm³/mol. The number of hydrogen-bond acceptors (Lipinski definition) is 5. The van der Waals surface area contributed by atoms with Crippen molar-refractivity contribution in [3.63, 3.8) is 0 Å². The normalized spacial score (nSPS) is 11.2. The van der Waals surface area contributed by atoms with E-state index in [0.717, 1.165) is 29.2 Å². The van der Waals surface area contributed by atoms with E-state index < -0.39 is 0 Å². The van der Waals surface area contributed by atoms with Gasteiger partial charge in [0.05, 0.1) is 18.8 Å². The summed E-state index contributed by atoms with van der Waals surface area (Å²) in [5.74, 6) is 0.766. The van der Waals surface area contributed by atoms with Crippen LogP contribution in [0.5, 0.6) is 0 Å². The van der Waals surface area contributed by atoms with E-state index in [1.165, 1.54) is 5.56 Å². The van der Waals surface area contributed by atoms with Crippen molar-refractivity contribution in [1.29, 1.82) is 0 Å².